The van der Waals surface area contributed by atoms with Crippen LogP contribution in [0.5, 0.6) is 5.88 Å². The highest BCUT2D eigenvalue weighted by molar-refractivity contribution is 7.20. The molecule has 0 aliphatic rings. The van der Waals surface area contributed by atoms with Crippen molar-refractivity contribution in [2.45, 2.75) is 13.8 Å². The molecule has 128 valence electrons. The van der Waals surface area contributed by atoms with Crippen LogP contribution in [0.15, 0.2) is 35.7 Å². The molecule has 0 saturated heterocycles. The maximum Gasteiger partial charge on any atom is 0.348 e. The van der Waals surface area contributed by atoms with Crippen molar-refractivity contribution >= 4 is 39.9 Å². The number of rotatable bonds is 5. The van der Waals surface area contributed by atoms with Gasteiger partial charge >= 0.3 is 5.97 Å². The Morgan fingerprint density at radius 3 is 2.72 bits per heavy atom. The quantitative estimate of drug-likeness (QED) is 0.395. The fourth-order valence-electron chi connectivity index (χ4n) is 2.41. The van der Waals surface area contributed by atoms with E-state index in [0.29, 0.717) is 26.5 Å². The molecule has 0 spiro atoms. The van der Waals surface area contributed by atoms with Crippen molar-refractivity contribution in [2.75, 3.05) is 12.3 Å². The molecule has 3 aromatic rings. The van der Waals surface area contributed by atoms with Gasteiger partial charge in [0.05, 0.1) is 12.5 Å². The van der Waals surface area contributed by atoms with Crippen LogP contribution in [0.1, 0.15) is 20.8 Å². The smallest absolute Gasteiger partial charge is 0.348 e. The van der Waals surface area contributed by atoms with Gasteiger partial charge in [-0.05, 0) is 31.0 Å². The fraction of sp³-hybridized carbons (Fsp3) is 0.176. The standard InChI is InChI=1S/C17H16N4O3S/c1-10-7-5-6-8-12(10)21(18-3)24-15-13-11(2)14(17(22)23-4)25-16(13)20-9-19-15/h5-9H,3H2,1-2,4H3. The lowest BCUT2D eigenvalue weighted by atomic mass is 10.2. The Kier molecular flexibility index (Phi) is 4.62. The summed E-state index contributed by atoms with van der Waals surface area (Å²) in [5.74, 6) is -0.117. The number of carbonyl (C=O) groups excluding carboxylic acids is 1. The third-order valence-electron chi connectivity index (χ3n) is 3.69. The lowest BCUT2D eigenvalue weighted by Crippen LogP contribution is -2.22. The van der Waals surface area contributed by atoms with E-state index >= 15 is 0 Å². The molecule has 0 unspecified atom stereocenters. The average molecular weight is 356 g/mol. The topological polar surface area (TPSA) is 76.9 Å². The number of hydrogen-bond donors (Lipinski definition) is 0. The number of aromatic nitrogens is 2. The zero-order chi connectivity index (χ0) is 18.0. The number of nitrogens with zero attached hydrogens (tertiary/aromatic N) is 4. The molecule has 3 rings (SSSR count). The number of ether oxygens (including phenoxy) is 1. The monoisotopic (exact) mass is 356 g/mol. The van der Waals surface area contributed by atoms with Crippen LogP contribution in [0.2, 0.25) is 0 Å². The highest BCUT2D eigenvalue weighted by atomic mass is 32.1. The van der Waals surface area contributed by atoms with Crippen LogP contribution in [0.25, 0.3) is 10.2 Å². The van der Waals surface area contributed by atoms with Crippen molar-refractivity contribution in [3.63, 3.8) is 0 Å². The van der Waals surface area contributed by atoms with Crippen LogP contribution < -0.4 is 10.0 Å². The molecule has 25 heavy (non-hydrogen) atoms. The zero-order valence-electron chi connectivity index (χ0n) is 14.0. The van der Waals surface area contributed by atoms with Gasteiger partial charge in [0.25, 0.3) is 5.88 Å². The van der Waals surface area contributed by atoms with E-state index in [9.17, 15) is 4.79 Å². The Hall–Kier alpha value is -3.00. The lowest BCUT2D eigenvalue weighted by molar-refractivity contribution is 0.0605. The summed E-state index contributed by atoms with van der Waals surface area (Å²) < 4.78 is 4.82. The largest absolute Gasteiger partial charge is 0.465 e. The van der Waals surface area contributed by atoms with Crippen molar-refractivity contribution in [1.82, 2.24) is 9.97 Å². The molecular formula is C17H16N4O3S. The Bertz CT molecular complexity index is 954. The molecule has 8 heteroatoms. The maximum atomic E-state index is 11.9. The summed E-state index contributed by atoms with van der Waals surface area (Å²) in [7, 11) is 1.34. The van der Waals surface area contributed by atoms with Crippen LogP contribution >= 0.6 is 11.3 Å². The van der Waals surface area contributed by atoms with E-state index in [0.717, 1.165) is 11.3 Å². The molecule has 1 aromatic carbocycles. The first kappa shape index (κ1) is 16.8. The normalized spacial score (nSPS) is 10.5. The van der Waals surface area contributed by atoms with Crippen LogP contribution in [0, 0.1) is 13.8 Å². The minimum absolute atomic E-state index is 0.296. The molecule has 0 amide bonds. The van der Waals surface area contributed by atoms with Crippen molar-refractivity contribution in [1.29, 1.82) is 0 Å². The van der Waals surface area contributed by atoms with Gasteiger partial charge in [-0.15, -0.1) is 11.3 Å². The number of hydrazone groups is 1. The average Bonchev–Trinajstić information content (AvgIpc) is 2.97. The Balaban J connectivity index is 2.06. The van der Waals surface area contributed by atoms with Gasteiger partial charge < -0.3 is 9.57 Å². The molecule has 0 N–H and O–H groups in total. The van der Waals surface area contributed by atoms with Crippen molar-refractivity contribution < 1.29 is 14.4 Å². The molecule has 0 saturated carbocycles. The second-order valence-electron chi connectivity index (χ2n) is 5.20. The van der Waals surface area contributed by atoms with Gasteiger partial charge in [-0.25, -0.2) is 9.78 Å². The van der Waals surface area contributed by atoms with Crippen LogP contribution in [-0.4, -0.2) is 29.8 Å². The summed E-state index contributed by atoms with van der Waals surface area (Å²) in [5.41, 5.74) is 2.42. The SMILES string of the molecule is C=NN(Oc1ncnc2sc(C(=O)OC)c(C)c12)c1ccccc1C. The molecule has 0 fully saturated rings. The second-order valence-corrected chi connectivity index (χ2v) is 6.20. The number of anilines is 1. The summed E-state index contributed by atoms with van der Waals surface area (Å²) in [4.78, 5) is 27.3. The molecule has 2 heterocycles. The highest BCUT2D eigenvalue weighted by Crippen LogP contribution is 2.35. The number of thiophene rings is 1. The summed E-state index contributed by atoms with van der Waals surface area (Å²) in [6, 6.07) is 7.61. The predicted molar refractivity (Wildman–Crippen MR) is 97.3 cm³/mol. The van der Waals surface area contributed by atoms with E-state index in [4.69, 9.17) is 9.57 Å². The molecule has 7 nitrogen and oxygen atoms in total. The molecule has 0 radical (unpaired) electrons. The van der Waals surface area contributed by atoms with Gasteiger partial charge in [-0.2, -0.15) is 10.1 Å². The summed E-state index contributed by atoms with van der Waals surface area (Å²) in [5, 5.41) is 5.87. The van der Waals surface area contributed by atoms with E-state index in [-0.39, 0.29) is 0 Å². The minimum atomic E-state index is -0.413. The van der Waals surface area contributed by atoms with Gasteiger partial charge in [0, 0.05) is 6.72 Å². The number of hydrogen-bond acceptors (Lipinski definition) is 8. The molecule has 0 aliphatic heterocycles. The minimum Gasteiger partial charge on any atom is -0.465 e. The predicted octanol–water partition coefficient (Wildman–Crippen LogP) is 3.51. The van der Waals surface area contributed by atoms with Gasteiger partial charge in [-0.3, -0.25) is 0 Å². The summed E-state index contributed by atoms with van der Waals surface area (Å²) in [6.07, 6.45) is 1.38. The second kappa shape index (κ2) is 6.86. The van der Waals surface area contributed by atoms with E-state index in [2.05, 4.69) is 21.8 Å². The molecule has 0 atom stereocenters. The van der Waals surface area contributed by atoms with E-state index in [1.807, 2.05) is 31.2 Å². The number of esters is 1. The number of benzene rings is 1. The summed E-state index contributed by atoms with van der Waals surface area (Å²) >= 11 is 1.23. The first-order valence-electron chi connectivity index (χ1n) is 7.39. The lowest BCUT2D eigenvalue weighted by Gasteiger charge is -2.19. The highest BCUT2D eigenvalue weighted by Gasteiger charge is 2.22. The first-order chi connectivity index (χ1) is 12.1. The first-order valence-corrected chi connectivity index (χ1v) is 8.21. The Labute approximate surface area is 148 Å². The molecule has 0 aliphatic carbocycles. The fourth-order valence-corrected chi connectivity index (χ4v) is 3.47. The van der Waals surface area contributed by atoms with E-state index < -0.39 is 5.97 Å². The van der Waals surface area contributed by atoms with Gasteiger partial charge in [0.15, 0.2) is 0 Å². The van der Waals surface area contributed by atoms with Crippen LogP contribution in [0.4, 0.5) is 5.69 Å². The number of para-hydroxylation sites is 1. The van der Waals surface area contributed by atoms with Crippen LogP contribution in [-0.2, 0) is 4.74 Å². The van der Waals surface area contributed by atoms with Gasteiger partial charge in [0.2, 0.25) is 0 Å². The molecule has 2 aromatic heterocycles. The zero-order valence-corrected chi connectivity index (χ0v) is 14.8. The maximum absolute atomic E-state index is 11.9. The molecule has 0 bridgehead atoms. The van der Waals surface area contributed by atoms with Crippen molar-refractivity contribution in [3.05, 3.63) is 46.6 Å². The number of methoxy groups -OCH3 is 1. The summed E-state index contributed by atoms with van der Waals surface area (Å²) in [6.45, 7) is 7.31. The third-order valence-corrected chi connectivity index (χ3v) is 4.87. The Morgan fingerprint density at radius 2 is 2.04 bits per heavy atom. The number of carbonyl (C=O) groups is 1. The van der Waals surface area contributed by atoms with Crippen molar-refractivity contribution in [2.24, 2.45) is 5.10 Å². The molecular weight excluding hydrogens is 340 g/mol. The van der Waals surface area contributed by atoms with Crippen molar-refractivity contribution in [3.8, 4) is 5.88 Å². The van der Waals surface area contributed by atoms with E-state index in [1.54, 1.807) is 6.92 Å². The number of fused-ring (bicyclic) bond motifs is 1. The van der Waals surface area contributed by atoms with Crippen LogP contribution in [0.3, 0.4) is 0 Å². The third kappa shape index (κ3) is 3.03. The Morgan fingerprint density at radius 1 is 1.28 bits per heavy atom. The van der Waals surface area contributed by atoms with Gasteiger partial charge in [0.1, 0.15) is 21.7 Å². The van der Waals surface area contributed by atoms with Gasteiger partial charge in [-0.1, -0.05) is 23.4 Å². The van der Waals surface area contributed by atoms with E-state index in [1.165, 1.54) is 29.9 Å². The number of aryl methyl sites for hydroxylation is 2.